The van der Waals surface area contributed by atoms with Gasteiger partial charge in [0.1, 0.15) is 11.9 Å². The van der Waals surface area contributed by atoms with E-state index in [9.17, 15) is 32.3 Å². The van der Waals surface area contributed by atoms with Gasteiger partial charge in [0, 0.05) is 18.7 Å². The van der Waals surface area contributed by atoms with Gasteiger partial charge in [0.25, 0.3) is 0 Å². The van der Waals surface area contributed by atoms with E-state index >= 15 is 0 Å². The van der Waals surface area contributed by atoms with Crippen molar-refractivity contribution in [3.05, 3.63) is 71.3 Å². The second kappa shape index (κ2) is 13.9. The van der Waals surface area contributed by atoms with Crippen LogP contribution in [0.1, 0.15) is 48.8 Å². The van der Waals surface area contributed by atoms with Crippen LogP contribution in [0.4, 0.5) is 13.2 Å². The largest absolute Gasteiger partial charge is 0.491 e. The molecule has 0 aromatic heterocycles. The number of hydrogen-bond donors (Lipinski definition) is 4. The summed E-state index contributed by atoms with van der Waals surface area (Å²) in [6, 6.07) is 14.6. The van der Waals surface area contributed by atoms with Gasteiger partial charge in [-0.25, -0.2) is 4.79 Å². The van der Waals surface area contributed by atoms with Crippen molar-refractivity contribution in [1.29, 1.82) is 5.41 Å². The number of hydrogen-bond acceptors (Lipinski definition) is 7. The van der Waals surface area contributed by atoms with Crippen molar-refractivity contribution < 1.29 is 37.1 Å². The van der Waals surface area contributed by atoms with Gasteiger partial charge in [-0.1, -0.05) is 54.6 Å². The second-order valence-electron chi connectivity index (χ2n) is 9.75. The monoisotopic (exact) mass is 575 g/mol. The summed E-state index contributed by atoms with van der Waals surface area (Å²) in [4.78, 5) is 50.5. The van der Waals surface area contributed by atoms with E-state index in [1.54, 1.807) is 29.2 Å². The summed E-state index contributed by atoms with van der Waals surface area (Å²) in [7, 11) is 0. The topological polar surface area (TPSA) is 155 Å². The van der Waals surface area contributed by atoms with Crippen LogP contribution in [0.15, 0.2) is 54.6 Å². The minimum Gasteiger partial charge on any atom is -0.386 e. The molecule has 3 rings (SSSR count). The Kier molecular flexibility index (Phi) is 10.6. The maximum absolute atomic E-state index is 13.3. The Bertz CT molecular complexity index is 1250. The van der Waals surface area contributed by atoms with Crippen LogP contribution in [0.5, 0.6) is 0 Å². The lowest BCUT2D eigenvalue weighted by molar-refractivity contribution is -0.202. The summed E-state index contributed by atoms with van der Waals surface area (Å²) in [5, 5.41) is 12.9. The zero-order valence-corrected chi connectivity index (χ0v) is 22.4. The van der Waals surface area contributed by atoms with E-state index in [4.69, 9.17) is 11.1 Å². The van der Waals surface area contributed by atoms with Crippen molar-refractivity contribution in [2.75, 3.05) is 13.1 Å². The molecule has 1 fully saturated rings. The van der Waals surface area contributed by atoms with Crippen LogP contribution in [0, 0.1) is 5.41 Å². The Hall–Kier alpha value is -4.26. The van der Waals surface area contributed by atoms with Gasteiger partial charge in [-0.15, -0.1) is 0 Å². The first-order valence-corrected chi connectivity index (χ1v) is 13.0. The molecule has 1 heterocycles. The summed E-state index contributed by atoms with van der Waals surface area (Å²) in [5.74, 6) is -4.92. The molecule has 3 atom stereocenters. The van der Waals surface area contributed by atoms with E-state index in [1.807, 2.05) is 30.3 Å². The molecule has 0 saturated carbocycles. The Morgan fingerprint density at radius 2 is 1.76 bits per heavy atom. The number of likely N-dealkylation sites (tertiary alicyclic amines) is 1. The number of ether oxygens (including phenoxy) is 1. The third kappa shape index (κ3) is 9.13. The Balaban J connectivity index is 1.62. The predicted octanol–water partition coefficient (Wildman–Crippen LogP) is 2.36. The standard InChI is InChI=1S/C28H32F3N5O5/c1-17(25(38)34-16-18-7-9-20(10-8-18)24(32)33)35-26(39)22-15-21(19-5-3-2-4-6-19)11-13-36(22)14-12-23(37)41-27(40)28(29,30)31/h2-10,17,21-22H,11-16H2,1H3,(H3,32,33)(H,34,38)(H,35,39)/t17-,21-,22+/m0/s1. The number of nitrogens with one attached hydrogen (secondary N) is 3. The highest BCUT2D eigenvalue weighted by molar-refractivity contribution is 5.95. The zero-order chi connectivity index (χ0) is 30.2. The normalized spacial score (nSPS) is 18.1. The van der Waals surface area contributed by atoms with Crippen molar-refractivity contribution in [3.8, 4) is 0 Å². The molecule has 41 heavy (non-hydrogen) atoms. The fourth-order valence-corrected chi connectivity index (χ4v) is 4.55. The molecule has 0 bridgehead atoms. The highest BCUT2D eigenvalue weighted by Gasteiger charge is 2.42. The molecule has 0 unspecified atom stereocenters. The van der Waals surface area contributed by atoms with Gasteiger partial charge in [0.15, 0.2) is 0 Å². The van der Waals surface area contributed by atoms with Gasteiger partial charge in [-0.05, 0) is 43.4 Å². The Labute approximate surface area is 234 Å². The number of nitrogen functional groups attached to an aromatic ring is 1. The quantitative estimate of drug-likeness (QED) is 0.147. The van der Waals surface area contributed by atoms with Crippen molar-refractivity contribution in [2.45, 2.75) is 56.9 Å². The molecule has 13 heteroatoms. The number of nitrogens with zero attached hydrogens (tertiary/aromatic N) is 1. The Morgan fingerprint density at radius 1 is 1.10 bits per heavy atom. The number of amidine groups is 1. The molecule has 5 N–H and O–H groups in total. The van der Waals surface area contributed by atoms with Crippen LogP contribution in [-0.4, -0.2) is 65.8 Å². The number of amides is 2. The van der Waals surface area contributed by atoms with Gasteiger partial charge < -0.3 is 21.1 Å². The highest BCUT2D eigenvalue weighted by atomic mass is 19.4. The third-order valence-corrected chi connectivity index (χ3v) is 6.81. The number of rotatable bonds is 10. The van der Waals surface area contributed by atoms with Crippen LogP contribution in [-0.2, 0) is 30.5 Å². The lowest BCUT2D eigenvalue weighted by Crippen LogP contribution is -2.55. The van der Waals surface area contributed by atoms with E-state index in [1.165, 1.54) is 6.92 Å². The van der Waals surface area contributed by atoms with Crippen LogP contribution >= 0.6 is 0 Å². The first-order valence-electron chi connectivity index (χ1n) is 13.0. The van der Waals surface area contributed by atoms with Crippen LogP contribution < -0.4 is 16.4 Å². The van der Waals surface area contributed by atoms with Crippen molar-refractivity contribution in [3.63, 3.8) is 0 Å². The van der Waals surface area contributed by atoms with Gasteiger partial charge in [0.05, 0.1) is 12.5 Å². The summed E-state index contributed by atoms with van der Waals surface area (Å²) in [6.07, 6.45) is -4.84. The second-order valence-corrected chi connectivity index (χ2v) is 9.75. The maximum Gasteiger partial charge on any atom is 0.491 e. The van der Waals surface area contributed by atoms with Gasteiger partial charge in [0.2, 0.25) is 11.8 Å². The number of esters is 2. The van der Waals surface area contributed by atoms with Gasteiger partial charge in [-0.3, -0.25) is 24.7 Å². The summed E-state index contributed by atoms with van der Waals surface area (Å²) in [5.41, 5.74) is 7.77. The first kappa shape index (κ1) is 31.3. The van der Waals surface area contributed by atoms with Crippen molar-refractivity contribution >= 4 is 29.6 Å². The van der Waals surface area contributed by atoms with E-state index in [0.29, 0.717) is 24.9 Å². The number of halogens is 3. The average molecular weight is 576 g/mol. The van der Waals surface area contributed by atoms with Crippen molar-refractivity contribution in [2.24, 2.45) is 5.73 Å². The predicted molar refractivity (Wildman–Crippen MR) is 142 cm³/mol. The minimum absolute atomic E-state index is 0.00376. The molecule has 0 spiro atoms. The summed E-state index contributed by atoms with van der Waals surface area (Å²) >= 11 is 0. The van der Waals surface area contributed by atoms with E-state index < -0.39 is 48.4 Å². The summed E-state index contributed by atoms with van der Waals surface area (Å²) < 4.78 is 41.1. The fraction of sp³-hybridized carbons (Fsp3) is 0.393. The van der Waals surface area contributed by atoms with Gasteiger partial charge in [-0.2, -0.15) is 13.2 Å². The fourth-order valence-electron chi connectivity index (χ4n) is 4.55. The van der Waals surface area contributed by atoms with Crippen molar-refractivity contribution in [1.82, 2.24) is 15.5 Å². The third-order valence-electron chi connectivity index (χ3n) is 6.81. The lowest BCUT2D eigenvalue weighted by atomic mass is 9.84. The van der Waals surface area contributed by atoms with E-state index in [0.717, 1.165) is 11.1 Å². The smallest absolute Gasteiger partial charge is 0.386 e. The molecule has 1 aliphatic rings. The summed E-state index contributed by atoms with van der Waals surface area (Å²) in [6.45, 7) is 1.95. The zero-order valence-electron chi connectivity index (χ0n) is 22.4. The Morgan fingerprint density at radius 3 is 2.37 bits per heavy atom. The highest BCUT2D eigenvalue weighted by Crippen LogP contribution is 2.32. The molecule has 220 valence electrons. The molecule has 1 aliphatic heterocycles. The molecule has 2 aromatic rings. The first-order chi connectivity index (χ1) is 19.3. The molecule has 1 saturated heterocycles. The molecular formula is C28H32F3N5O5. The number of piperidine rings is 1. The molecule has 2 amide bonds. The van der Waals surface area contributed by atoms with E-state index in [2.05, 4.69) is 15.4 Å². The molecule has 2 aromatic carbocycles. The number of nitrogens with two attached hydrogens (primary N) is 1. The van der Waals surface area contributed by atoms with Crippen LogP contribution in [0.2, 0.25) is 0 Å². The molecule has 10 nitrogen and oxygen atoms in total. The average Bonchev–Trinajstić information content (AvgIpc) is 2.94. The number of benzene rings is 2. The van der Waals surface area contributed by atoms with Crippen LogP contribution in [0.3, 0.4) is 0 Å². The maximum atomic E-state index is 13.3. The minimum atomic E-state index is -5.29. The number of carbonyl (C=O) groups excluding carboxylic acids is 4. The molecule has 0 radical (unpaired) electrons. The SMILES string of the molecule is C[C@H](NC(=O)[C@H]1C[C@@H](c2ccccc2)CCN1CCC(=O)OC(=O)C(F)(F)F)C(=O)NCc1ccc(C(=N)N)cc1. The van der Waals surface area contributed by atoms with E-state index in [-0.39, 0.29) is 24.8 Å². The van der Waals surface area contributed by atoms with Gasteiger partial charge >= 0.3 is 18.1 Å². The van der Waals surface area contributed by atoms with Crippen LogP contribution in [0.25, 0.3) is 0 Å². The number of carbonyl (C=O) groups is 4. The number of alkyl halides is 3. The lowest BCUT2D eigenvalue weighted by Gasteiger charge is -2.39. The molecule has 0 aliphatic carbocycles. The molecular weight excluding hydrogens is 543 g/mol.